The lowest BCUT2D eigenvalue weighted by molar-refractivity contribution is -0.146. The largest absolute Gasteiger partial charge is 0.490 e. The van der Waals surface area contributed by atoms with Gasteiger partial charge in [-0.15, -0.1) is 0 Å². The van der Waals surface area contributed by atoms with Crippen molar-refractivity contribution in [2.45, 2.75) is 91.1 Å². The van der Waals surface area contributed by atoms with E-state index >= 15 is 0 Å². The fraction of sp³-hybridized carbons (Fsp3) is 0.593. The van der Waals surface area contributed by atoms with Gasteiger partial charge in [-0.25, -0.2) is 14.8 Å². The Hall–Kier alpha value is -2.47. The number of esters is 1. The summed E-state index contributed by atoms with van der Waals surface area (Å²) in [6.45, 7) is 7.40. The summed E-state index contributed by atoms with van der Waals surface area (Å²) < 4.78 is 16.8. The number of rotatable bonds is 17. The normalized spacial score (nSPS) is 11.8. The molecule has 6 heteroatoms. The van der Waals surface area contributed by atoms with E-state index in [9.17, 15) is 4.79 Å². The summed E-state index contributed by atoms with van der Waals surface area (Å²) in [5, 5.41) is 0. The number of unbranched alkanes of at least 4 members (excludes halogenated alkanes) is 8. The van der Waals surface area contributed by atoms with Crippen molar-refractivity contribution in [3.63, 3.8) is 0 Å². The van der Waals surface area contributed by atoms with Gasteiger partial charge in [-0.3, -0.25) is 0 Å². The van der Waals surface area contributed by atoms with Gasteiger partial charge in [0.2, 0.25) is 0 Å². The van der Waals surface area contributed by atoms with Crippen LogP contribution in [0.15, 0.2) is 36.7 Å². The number of hydrogen-bond acceptors (Lipinski definition) is 6. The molecule has 0 aliphatic carbocycles. The zero-order valence-corrected chi connectivity index (χ0v) is 20.6. The van der Waals surface area contributed by atoms with Gasteiger partial charge in [0.1, 0.15) is 5.75 Å². The van der Waals surface area contributed by atoms with Crippen LogP contribution in [0.3, 0.4) is 0 Å². The fourth-order valence-corrected chi connectivity index (χ4v) is 3.34. The molecule has 0 radical (unpaired) electrons. The molecule has 1 aromatic carbocycles. The summed E-state index contributed by atoms with van der Waals surface area (Å²) in [6.07, 6.45) is 14.6. The van der Waals surface area contributed by atoms with Crippen LogP contribution < -0.4 is 9.47 Å². The quantitative estimate of drug-likeness (QED) is 0.149. The lowest BCUT2D eigenvalue weighted by atomic mass is 10.2. The van der Waals surface area contributed by atoms with E-state index in [2.05, 4.69) is 23.8 Å². The standard InChI is InChI=1S/C27H40N2O4/c1-4-6-8-10-12-18-31-22(3)27(30)33-24-16-14-23(15-17-24)26-28-20-25(21-29-26)32-19-13-11-9-7-5-2/h14-17,20-22H,4-13,18-19H2,1-3H3. The molecule has 33 heavy (non-hydrogen) atoms. The second-order valence-corrected chi connectivity index (χ2v) is 8.38. The van der Waals surface area contributed by atoms with Gasteiger partial charge in [0.05, 0.1) is 19.0 Å². The third-order valence-corrected chi connectivity index (χ3v) is 5.42. The highest BCUT2D eigenvalue weighted by Crippen LogP contribution is 2.21. The molecule has 0 amide bonds. The molecule has 182 valence electrons. The molecule has 0 saturated carbocycles. The highest BCUT2D eigenvalue weighted by molar-refractivity contribution is 5.77. The Morgan fingerprint density at radius 1 is 0.788 bits per heavy atom. The summed E-state index contributed by atoms with van der Waals surface area (Å²) in [5.41, 5.74) is 0.845. The van der Waals surface area contributed by atoms with Crippen LogP contribution in [0.5, 0.6) is 11.5 Å². The number of hydrogen-bond donors (Lipinski definition) is 0. The van der Waals surface area contributed by atoms with Crippen molar-refractivity contribution in [3.05, 3.63) is 36.7 Å². The van der Waals surface area contributed by atoms with Gasteiger partial charge in [0.25, 0.3) is 0 Å². The molecule has 2 aromatic rings. The molecular weight excluding hydrogens is 416 g/mol. The van der Waals surface area contributed by atoms with E-state index in [1.54, 1.807) is 31.5 Å². The summed E-state index contributed by atoms with van der Waals surface area (Å²) in [7, 11) is 0. The second kappa shape index (κ2) is 16.2. The highest BCUT2D eigenvalue weighted by Gasteiger charge is 2.16. The van der Waals surface area contributed by atoms with Crippen LogP contribution in [0, 0.1) is 0 Å². The van der Waals surface area contributed by atoms with Crippen molar-refractivity contribution in [1.82, 2.24) is 9.97 Å². The molecule has 2 rings (SSSR count). The molecule has 1 heterocycles. The second-order valence-electron chi connectivity index (χ2n) is 8.38. The Labute approximate surface area is 199 Å². The predicted octanol–water partition coefficient (Wildman–Crippen LogP) is 6.77. The number of aromatic nitrogens is 2. The van der Waals surface area contributed by atoms with Crippen LogP contribution in [-0.4, -0.2) is 35.3 Å². The lowest BCUT2D eigenvalue weighted by Gasteiger charge is -2.12. The van der Waals surface area contributed by atoms with Gasteiger partial charge in [-0.1, -0.05) is 65.2 Å². The van der Waals surface area contributed by atoms with Crippen molar-refractivity contribution in [2.75, 3.05) is 13.2 Å². The van der Waals surface area contributed by atoms with Crippen molar-refractivity contribution in [3.8, 4) is 22.9 Å². The van der Waals surface area contributed by atoms with Gasteiger partial charge < -0.3 is 14.2 Å². The molecule has 0 bridgehead atoms. The van der Waals surface area contributed by atoms with Crippen LogP contribution in [0.2, 0.25) is 0 Å². The first-order valence-corrected chi connectivity index (χ1v) is 12.5. The van der Waals surface area contributed by atoms with Gasteiger partial charge in [0.15, 0.2) is 17.7 Å². The Balaban J connectivity index is 1.73. The van der Waals surface area contributed by atoms with Crippen LogP contribution in [0.1, 0.15) is 85.0 Å². The average Bonchev–Trinajstić information content (AvgIpc) is 2.84. The molecule has 0 spiro atoms. The van der Waals surface area contributed by atoms with Crippen LogP contribution in [0.4, 0.5) is 0 Å². The van der Waals surface area contributed by atoms with E-state index in [-0.39, 0.29) is 5.97 Å². The van der Waals surface area contributed by atoms with Crippen LogP contribution in [0.25, 0.3) is 11.4 Å². The average molecular weight is 457 g/mol. The number of ether oxygens (including phenoxy) is 3. The summed E-state index contributed by atoms with van der Waals surface area (Å²) in [4.78, 5) is 21.0. The van der Waals surface area contributed by atoms with E-state index in [1.807, 2.05) is 12.1 Å². The van der Waals surface area contributed by atoms with E-state index < -0.39 is 6.10 Å². The fourth-order valence-electron chi connectivity index (χ4n) is 3.34. The van der Waals surface area contributed by atoms with Gasteiger partial charge in [-0.05, 0) is 44.0 Å². The minimum Gasteiger partial charge on any atom is -0.490 e. The zero-order valence-electron chi connectivity index (χ0n) is 20.6. The predicted molar refractivity (Wildman–Crippen MR) is 132 cm³/mol. The molecule has 0 saturated heterocycles. The molecule has 6 nitrogen and oxygen atoms in total. The number of benzene rings is 1. The molecule has 1 atom stereocenters. The Bertz CT molecular complexity index is 778. The van der Waals surface area contributed by atoms with Crippen molar-refractivity contribution < 1.29 is 19.0 Å². The maximum absolute atomic E-state index is 12.2. The first-order chi connectivity index (χ1) is 16.1. The highest BCUT2D eigenvalue weighted by atomic mass is 16.6. The molecule has 0 aliphatic heterocycles. The minimum atomic E-state index is -0.585. The maximum atomic E-state index is 12.2. The van der Waals surface area contributed by atoms with Crippen LogP contribution >= 0.6 is 0 Å². The third-order valence-electron chi connectivity index (χ3n) is 5.42. The van der Waals surface area contributed by atoms with Gasteiger partial charge >= 0.3 is 5.97 Å². The molecular formula is C27H40N2O4. The molecule has 0 fully saturated rings. The number of carbonyl (C=O) groups is 1. The lowest BCUT2D eigenvalue weighted by Crippen LogP contribution is -2.26. The maximum Gasteiger partial charge on any atom is 0.340 e. The third kappa shape index (κ3) is 10.8. The Morgan fingerprint density at radius 3 is 1.97 bits per heavy atom. The number of nitrogens with zero attached hydrogens (tertiary/aromatic N) is 2. The zero-order chi connectivity index (χ0) is 23.7. The van der Waals surface area contributed by atoms with E-state index in [1.165, 1.54) is 44.9 Å². The van der Waals surface area contributed by atoms with E-state index in [4.69, 9.17) is 14.2 Å². The van der Waals surface area contributed by atoms with E-state index in [0.717, 1.165) is 24.8 Å². The van der Waals surface area contributed by atoms with Crippen molar-refractivity contribution in [2.24, 2.45) is 0 Å². The van der Waals surface area contributed by atoms with Crippen molar-refractivity contribution in [1.29, 1.82) is 0 Å². The Kier molecular flexibility index (Phi) is 13.1. The first kappa shape index (κ1) is 26.8. The van der Waals surface area contributed by atoms with Gasteiger partial charge in [-0.2, -0.15) is 0 Å². The summed E-state index contributed by atoms with van der Waals surface area (Å²) in [6, 6.07) is 7.17. The smallest absolute Gasteiger partial charge is 0.340 e. The summed E-state index contributed by atoms with van der Waals surface area (Å²) >= 11 is 0. The number of carbonyl (C=O) groups excluding carboxylic acids is 1. The van der Waals surface area contributed by atoms with Gasteiger partial charge in [0, 0.05) is 12.2 Å². The SMILES string of the molecule is CCCCCCCOc1cnc(-c2ccc(OC(=O)C(C)OCCCCCCC)cc2)nc1. The molecule has 1 aromatic heterocycles. The molecule has 0 N–H and O–H groups in total. The first-order valence-electron chi connectivity index (χ1n) is 12.5. The topological polar surface area (TPSA) is 70.5 Å². The molecule has 1 unspecified atom stereocenters. The van der Waals surface area contributed by atoms with E-state index in [0.29, 0.717) is 30.5 Å². The summed E-state index contributed by atoms with van der Waals surface area (Å²) in [5.74, 6) is 1.37. The van der Waals surface area contributed by atoms with Crippen LogP contribution in [-0.2, 0) is 9.53 Å². The molecule has 0 aliphatic rings. The Morgan fingerprint density at radius 2 is 1.36 bits per heavy atom. The van der Waals surface area contributed by atoms with Crippen molar-refractivity contribution >= 4 is 5.97 Å². The minimum absolute atomic E-state index is 0.385. The monoisotopic (exact) mass is 456 g/mol.